The Morgan fingerprint density at radius 2 is 1.96 bits per heavy atom. The molecule has 1 aromatic heterocycles. The highest BCUT2D eigenvalue weighted by Gasteiger charge is 2.34. The second kappa shape index (κ2) is 8.49. The van der Waals surface area contributed by atoms with E-state index >= 15 is 0 Å². The number of benzene rings is 1. The zero-order chi connectivity index (χ0) is 17.4. The van der Waals surface area contributed by atoms with E-state index in [1.165, 1.54) is 0 Å². The molecule has 0 unspecified atom stereocenters. The second-order valence-corrected chi connectivity index (χ2v) is 7.87. The van der Waals surface area contributed by atoms with Gasteiger partial charge >= 0.3 is 0 Å². The van der Waals surface area contributed by atoms with Crippen LogP contribution in [0.25, 0.3) is 11.3 Å². The molecule has 2 fully saturated rings. The maximum Gasteiger partial charge on any atom is 0.145 e. The highest BCUT2D eigenvalue weighted by Crippen LogP contribution is 2.46. The molecule has 7 heteroatoms. The van der Waals surface area contributed by atoms with Crippen LogP contribution in [0, 0.1) is 0 Å². The number of aromatic nitrogens is 1. The Morgan fingerprint density at radius 3 is 2.62 bits per heavy atom. The van der Waals surface area contributed by atoms with Crippen LogP contribution in [-0.2, 0) is 11.3 Å². The lowest BCUT2D eigenvalue weighted by molar-refractivity contribution is 0.0122. The third kappa shape index (κ3) is 4.20. The van der Waals surface area contributed by atoms with Gasteiger partial charge in [0.1, 0.15) is 11.5 Å². The number of rotatable bonds is 5. The highest BCUT2D eigenvalue weighted by atomic mass is 35.5. The summed E-state index contributed by atoms with van der Waals surface area (Å²) in [6.07, 6.45) is 4.58. The Kier molecular flexibility index (Phi) is 6.52. The van der Waals surface area contributed by atoms with Crippen molar-refractivity contribution in [3.63, 3.8) is 0 Å². The minimum absolute atomic E-state index is 0. The van der Waals surface area contributed by atoms with Gasteiger partial charge in [-0.3, -0.25) is 0 Å². The van der Waals surface area contributed by atoms with Gasteiger partial charge in [0.25, 0.3) is 0 Å². The van der Waals surface area contributed by atoms with Crippen molar-refractivity contribution in [1.29, 1.82) is 0 Å². The zero-order valence-corrected chi connectivity index (χ0v) is 17.0. The van der Waals surface area contributed by atoms with Crippen LogP contribution in [-0.4, -0.2) is 23.8 Å². The fraction of sp³-hybridized carbons (Fsp3) is 0.526. The lowest BCUT2D eigenvalue weighted by Gasteiger charge is -2.28. The quantitative estimate of drug-likeness (QED) is 0.687. The molecule has 2 atom stereocenters. The summed E-state index contributed by atoms with van der Waals surface area (Å²) in [6, 6.07) is 5.98. The molecular weight excluding hydrogens is 395 g/mol. The molecule has 4 rings (SSSR count). The summed E-state index contributed by atoms with van der Waals surface area (Å²) in [7, 11) is 0. The average molecular weight is 418 g/mol. The number of nitrogens with zero attached hydrogens (tertiary/aromatic N) is 1. The van der Waals surface area contributed by atoms with Crippen LogP contribution < -0.4 is 5.32 Å². The first kappa shape index (κ1) is 20.0. The predicted molar refractivity (Wildman–Crippen MR) is 106 cm³/mol. The molecule has 26 heavy (non-hydrogen) atoms. The minimum atomic E-state index is 0. The standard InChI is InChI=1S/C19H22Cl2N2O2.ClH/c1-11-9-13(7-8-22-11)24-10-14-18(23-25-19(14)12-5-6-12)17-15(20)3-2-4-16(17)21;/h2-4,11-13,22H,5-10H2,1H3;1H/t11-,13+;/m1./s1. The minimum Gasteiger partial charge on any atom is -0.373 e. The smallest absolute Gasteiger partial charge is 0.145 e. The molecule has 1 aromatic carbocycles. The summed E-state index contributed by atoms with van der Waals surface area (Å²) in [6.45, 7) is 3.68. The fourth-order valence-corrected chi connectivity index (χ4v) is 4.06. The van der Waals surface area contributed by atoms with Gasteiger partial charge in [-0.05, 0) is 51.3 Å². The van der Waals surface area contributed by atoms with Gasteiger partial charge in [0.05, 0.1) is 22.8 Å². The zero-order valence-electron chi connectivity index (χ0n) is 14.6. The normalized spacial score (nSPS) is 22.9. The van der Waals surface area contributed by atoms with Gasteiger partial charge in [0, 0.05) is 23.1 Å². The summed E-state index contributed by atoms with van der Waals surface area (Å²) >= 11 is 12.8. The van der Waals surface area contributed by atoms with Crippen molar-refractivity contribution in [1.82, 2.24) is 10.5 Å². The van der Waals surface area contributed by atoms with Crippen molar-refractivity contribution in [2.24, 2.45) is 0 Å². The monoisotopic (exact) mass is 416 g/mol. The highest BCUT2D eigenvalue weighted by molar-refractivity contribution is 6.39. The van der Waals surface area contributed by atoms with E-state index in [-0.39, 0.29) is 18.5 Å². The summed E-state index contributed by atoms with van der Waals surface area (Å²) in [5, 5.41) is 8.93. The maximum atomic E-state index is 6.39. The molecule has 1 N–H and O–H groups in total. The lowest BCUT2D eigenvalue weighted by atomic mass is 10.0. The molecule has 0 radical (unpaired) electrons. The Labute approximate surface area is 170 Å². The van der Waals surface area contributed by atoms with Crippen LogP contribution in [0.1, 0.15) is 49.8 Å². The number of hydrogen-bond donors (Lipinski definition) is 1. The maximum absolute atomic E-state index is 6.39. The van der Waals surface area contributed by atoms with Gasteiger partial charge in [-0.15, -0.1) is 12.4 Å². The molecule has 1 aliphatic heterocycles. The molecule has 1 aliphatic carbocycles. The van der Waals surface area contributed by atoms with Crippen molar-refractivity contribution >= 4 is 35.6 Å². The van der Waals surface area contributed by atoms with Crippen molar-refractivity contribution in [3.05, 3.63) is 39.6 Å². The molecule has 0 bridgehead atoms. The molecular formula is C19H23Cl3N2O2. The van der Waals surface area contributed by atoms with Crippen molar-refractivity contribution in [2.45, 2.75) is 57.3 Å². The number of hydrogen-bond acceptors (Lipinski definition) is 4. The number of nitrogens with one attached hydrogen (secondary N) is 1. The lowest BCUT2D eigenvalue weighted by Crippen LogP contribution is -2.39. The van der Waals surface area contributed by atoms with Crippen LogP contribution in [0.5, 0.6) is 0 Å². The van der Waals surface area contributed by atoms with E-state index < -0.39 is 0 Å². The molecule has 4 nitrogen and oxygen atoms in total. The first-order chi connectivity index (χ1) is 12.1. The predicted octanol–water partition coefficient (Wildman–Crippen LogP) is 5.60. The van der Waals surface area contributed by atoms with E-state index in [0.29, 0.717) is 28.6 Å². The largest absolute Gasteiger partial charge is 0.373 e. The van der Waals surface area contributed by atoms with E-state index in [0.717, 1.165) is 54.8 Å². The van der Waals surface area contributed by atoms with Crippen molar-refractivity contribution in [3.8, 4) is 11.3 Å². The second-order valence-electron chi connectivity index (χ2n) is 7.06. The number of ether oxygens (including phenoxy) is 1. The molecule has 2 aromatic rings. The van der Waals surface area contributed by atoms with Gasteiger partial charge in [0.2, 0.25) is 0 Å². The van der Waals surface area contributed by atoms with Crippen LogP contribution in [0.4, 0.5) is 0 Å². The Bertz CT molecular complexity index is 741. The Balaban J connectivity index is 0.00000196. The summed E-state index contributed by atoms with van der Waals surface area (Å²) in [5.74, 6) is 1.39. The van der Waals surface area contributed by atoms with Gasteiger partial charge in [0.15, 0.2) is 0 Å². The summed E-state index contributed by atoms with van der Waals surface area (Å²) < 4.78 is 11.9. The number of piperidine rings is 1. The summed E-state index contributed by atoms with van der Waals surface area (Å²) in [4.78, 5) is 0. The van der Waals surface area contributed by atoms with Crippen LogP contribution in [0.2, 0.25) is 10.0 Å². The Hall–Kier alpha value is -0.780. The van der Waals surface area contributed by atoms with Gasteiger partial charge in [-0.2, -0.15) is 0 Å². The van der Waals surface area contributed by atoms with E-state index in [4.69, 9.17) is 32.5 Å². The molecule has 2 heterocycles. The van der Waals surface area contributed by atoms with E-state index in [1.807, 2.05) is 18.2 Å². The van der Waals surface area contributed by atoms with Crippen LogP contribution in [0.15, 0.2) is 22.7 Å². The third-order valence-corrected chi connectivity index (χ3v) is 5.64. The van der Waals surface area contributed by atoms with Crippen LogP contribution in [0.3, 0.4) is 0 Å². The van der Waals surface area contributed by atoms with Gasteiger partial charge < -0.3 is 14.6 Å². The Morgan fingerprint density at radius 1 is 1.23 bits per heavy atom. The fourth-order valence-electron chi connectivity index (χ4n) is 3.49. The molecule has 0 spiro atoms. The van der Waals surface area contributed by atoms with Gasteiger partial charge in [-0.1, -0.05) is 34.4 Å². The van der Waals surface area contributed by atoms with Crippen LogP contribution >= 0.6 is 35.6 Å². The van der Waals surface area contributed by atoms with Gasteiger partial charge in [-0.25, -0.2) is 0 Å². The first-order valence-corrected chi connectivity index (χ1v) is 9.67. The van der Waals surface area contributed by atoms with Crippen molar-refractivity contribution < 1.29 is 9.26 Å². The molecule has 2 aliphatic rings. The third-order valence-electron chi connectivity index (χ3n) is 5.01. The molecule has 0 amide bonds. The molecule has 1 saturated heterocycles. The van der Waals surface area contributed by atoms with E-state index in [1.54, 1.807) is 0 Å². The van der Waals surface area contributed by atoms with Crippen molar-refractivity contribution in [2.75, 3.05) is 6.54 Å². The average Bonchev–Trinajstić information content (AvgIpc) is 3.34. The van der Waals surface area contributed by atoms with E-state index in [2.05, 4.69) is 17.4 Å². The molecule has 1 saturated carbocycles. The summed E-state index contributed by atoms with van der Waals surface area (Å²) in [5.41, 5.74) is 2.46. The van der Waals surface area contributed by atoms with E-state index in [9.17, 15) is 0 Å². The topological polar surface area (TPSA) is 47.3 Å². The molecule has 142 valence electrons. The first-order valence-electron chi connectivity index (χ1n) is 8.91. The number of halogens is 3. The SMILES string of the molecule is C[C@@H]1C[C@@H](OCc2c(-c3c(Cl)cccc3Cl)noc2C2CC2)CCN1.Cl.